The molecule has 0 heterocycles. The zero-order chi connectivity index (χ0) is 15.4. The highest BCUT2D eigenvalue weighted by Gasteiger charge is 2.12. The van der Waals surface area contributed by atoms with Crippen LogP contribution in [0.25, 0.3) is 0 Å². The van der Waals surface area contributed by atoms with Gasteiger partial charge >= 0.3 is 0 Å². The second-order valence-corrected chi connectivity index (χ2v) is 6.87. The molecule has 0 spiro atoms. The van der Waals surface area contributed by atoms with E-state index in [-0.39, 0.29) is 6.04 Å². The lowest BCUT2D eigenvalue weighted by molar-refractivity contribution is 0.406. The van der Waals surface area contributed by atoms with Gasteiger partial charge in [0.1, 0.15) is 5.75 Å². The minimum atomic E-state index is 0.188. The quantitative estimate of drug-likeness (QED) is 0.651. The van der Waals surface area contributed by atoms with Gasteiger partial charge in [-0.05, 0) is 36.8 Å². The predicted octanol–water partition coefficient (Wildman–Crippen LogP) is 5.72. The fourth-order valence-corrected chi connectivity index (χ4v) is 3.74. The van der Waals surface area contributed by atoms with E-state index in [1.54, 1.807) is 7.11 Å². The maximum absolute atomic E-state index is 6.25. The van der Waals surface area contributed by atoms with Crippen LogP contribution in [0.2, 0.25) is 5.02 Å². The molecule has 2 nitrogen and oxygen atoms in total. The van der Waals surface area contributed by atoms with Crippen molar-refractivity contribution >= 4 is 43.5 Å². The van der Waals surface area contributed by atoms with Crippen molar-refractivity contribution in [2.45, 2.75) is 19.5 Å². The van der Waals surface area contributed by atoms with Gasteiger partial charge in [0.05, 0.1) is 7.11 Å². The van der Waals surface area contributed by atoms with Crippen molar-refractivity contribution in [2.24, 2.45) is 0 Å². The van der Waals surface area contributed by atoms with E-state index < -0.39 is 0 Å². The van der Waals surface area contributed by atoms with Crippen LogP contribution in [0.5, 0.6) is 5.75 Å². The first-order valence-electron chi connectivity index (χ1n) is 6.52. The highest BCUT2D eigenvalue weighted by atomic mass is 79.9. The van der Waals surface area contributed by atoms with Crippen LogP contribution >= 0.6 is 43.5 Å². The summed E-state index contributed by atoms with van der Waals surface area (Å²) in [6, 6.07) is 12.0. The molecular formula is C16H16Br2ClNO. The molecule has 2 rings (SSSR count). The number of hydrogen-bond acceptors (Lipinski definition) is 2. The third-order valence-corrected chi connectivity index (χ3v) is 4.84. The minimum Gasteiger partial charge on any atom is -0.496 e. The highest BCUT2D eigenvalue weighted by Crippen LogP contribution is 2.29. The first kappa shape index (κ1) is 16.8. The van der Waals surface area contributed by atoms with E-state index in [2.05, 4.69) is 50.2 Å². The Morgan fingerprint density at radius 3 is 2.67 bits per heavy atom. The van der Waals surface area contributed by atoms with E-state index in [1.165, 1.54) is 5.56 Å². The van der Waals surface area contributed by atoms with Gasteiger partial charge in [0.2, 0.25) is 0 Å². The van der Waals surface area contributed by atoms with E-state index in [1.807, 2.05) is 30.3 Å². The molecule has 2 aromatic rings. The van der Waals surface area contributed by atoms with Gasteiger partial charge in [-0.15, -0.1) is 0 Å². The van der Waals surface area contributed by atoms with Crippen molar-refractivity contribution in [3.8, 4) is 5.75 Å². The molecular weight excluding hydrogens is 417 g/mol. The molecule has 0 saturated heterocycles. The van der Waals surface area contributed by atoms with E-state index in [0.29, 0.717) is 11.6 Å². The van der Waals surface area contributed by atoms with Gasteiger partial charge in [0, 0.05) is 32.1 Å². The van der Waals surface area contributed by atoms with Crippen LogP contribution in [0.15, 0.2) is 45.3 Å². The molecule has 0 bridgehead atoms. The average Bonchev–Trinajstić information content (AvgIpc) is 2.45. The van der Waals surface area contributed by atoms with Crippen LogP contribution in [0, 0.1) is 0 Å². The van der Waals surface area contributed by atoms with Crippen LogP contribution in [-0.4, -0.2) is 7.11 Å². The van der Waals surface area contributed by atoms with Crippen LogP contribution < -0.4 is 10.1 Å². The Hall–Kier alpha value is -0.550. The van der Waals surface area contributed by atoms with Crippen molar-refractivity contribution in [3.63, 3.8) is 0 Å². The van der Waals surface area contributed by atoms with E-state index in [4.69, 9.17) is 16.3 Å². The highest BCUT2D eigenvalue weighted by molar-refractivity contribution is 9.11. The molecule has 1 atom stereocenters. The van der Waals surface area contributed by atoms with Crippen molar-refractivity contribution in [1.82, 2.24) is 5.32 Å². The zero-order valence-corrected chi connectivity index (χ0v) is 15.7. The summed E-state index contributed by atoms with van der Waals surface area (Å²) in [7, 11) is 1.66. The van der Waals surface area contributed by atoms with Crippen LogP contribution in [0.1, 0.15) is 24.1 Å². The van der Waals surface area contributed by atoms with Gasteiger partial charge in [-0.25, -0.2) is 0 Å². The smallest absolute Gasteiger partial charge is 0.124 e. The Kier molecular flexibility index (Phi) is 6.11. The second kappa shape index (κ2) is 7.63. The fourth-order valence-electron chi connectivity index (χ4n) is 2.12. The summed E-state index contributed by atoms with van der Waals surface area (Å²) in [5.41, 5.74) is 2.17. The number of hydrogen-bond donors (Lipinski definition) is 1. The van der Waals surface area contributed by atoms with Gasteiger partial charge in [-0.2, -0.15) is 0 Å². The molecule has 1 N–H and O–H groups in total. The van der Waals surface area contributed by atoms with Gasteiger partial charge < -0.3 is 10.1 Å². The molecule has 0 radical (unpaired) electrons. The van der Waals surface area contributed by atoms with E-state index in [0.717, 1.165) is 20.3 Å². The summed E-state index contributed by atoms with van der Waals surface area (Å²) in [5.74, 6) is 0.803. The number of rotatable bonds is 5. The third kappa shape index (κ3) is 4.22. The summed E-state index contributed by atoms with van der Waals surface area (Å²) in [5, 5.41) is 4.19. The van der Waals surface area contributed by atoms with E-state index in [9.17, 15) is 0 Å². The molecule has 0 amide bonds. The Morgan fingerprint density at radius 1 is 1.24 bits per heavy atom. The van der Waals surface area contributed by atoms with Crippen molar-refractivity contribution in [2.75, 3.05) is 7.11 Å². The van der Waals surface area contributed by atoms with Gasteiger partial charge in [-0.1, -0.05) is 55.6 Å². The average molecular weight is 434 g/mol. The first-order valence-corrected chi connectivity index (χ1v) is 8.49. The van der Waals surface area contributed by atoms with Crippen molar-refractivity contribution < 1.29 is 4.74 Å². The second-order valence-electron chi connectivity index (χ2n) is 4.69. The van der Waals surface area contributed by atoms with Crippen molar-refractivity contribution in [3.05, 3.63) is 61.5 Å². The number of benzene rings is 2. The fraction of sp³-hybridized carbons (Fsp3) is 0.250. The molecule has 21 heavy (non-hydrogen) atoms. The zero-order valence-electron chi connectivity index (χ0n) is 11.8. The maximum Gasteiger partial charge on any atom is 0.124 e. The lowest BCUT2D eigenvalue weighted by atomic mass is 10.1. The summed E-state index contributed by atoms with van der Waals surface area (Å²) in [6.45, 7) is 2.77. The summed E-state index contributed by atoms with van der Waals surface area (Å²) >= 11 is 13.3. The predicted molar refractivity (Wildman–Crippen MR) is 95.1 cm³/mol. The van der Waals surface area contributed by atoms with Crippen LogP contribution in [0.3, 0.4) is 0 Å². The van der Waals surface area contributed by atoms with Gasteiger partial charge in [0.25, 0.3) is 0 Å². The lowest BCUT2D eigenvalue weighted by Crippen LogP contribution is -2.19. The standard InChI is InChI=1S/C16H16Br2ClNO/c1-10(12-7-6-11(17)8-14(12)18)20-9-13-15(19)4-3-5-16(13)21-2/h3-8,10,20H,9H2,1-2H3. The van der Waals surface area contributed by atoms with Crippen LogP contribution in [0.4, 0.5) is 0 Å². The summed E-state index contributed by atoms with van der Waals surface area (Å²) < 4.78 is 7.49. The maximum atomic E-state index is 6.25. The number of methoxy groups -OCH3 is 1. The topological polar surface area (TPSA) is 21.3 Å². The third-order valence-electron chi connectivity index (χ3n) is 3.31. The van der Waals surface area contributed by atoms with E-state index >= 15 is 0 Å². The number of halogens is 3. The van der Waals surface area contributed by atoms with Gasteiger partial charge in [-0.3, -0.25) is 0 Å². The van der Waals surface area contributed by atoms with Gasteiger partial charge in [0.15, 0.2) is 0 Å². The monoisotopic (exact) mass is 431 g/mol. The molecule has 0 aliphatic carbocycles. The Morgan fingerprint density at radius 2 is 2.00 bits per heavy atom. The van der Waals surface area contributed by atoms with Crippen LogP contribution in [-0.2, 0) is 6.54 Å². The summed E-state index contributed by atoms with van der Waals surface area (Å²) in [4.78, 5) is 0. The molecule has 0 aliphatic heterocycles. The lowest BCUT2D eigenvalue weighted by Gasteiger charge is -2.18. The SMILES string of the molecule is COc1cccc(Cl)c1CNC(C)c1ccc(Br)cc1Br. The number of ether oxygens (including phenoxy) is 1. The molecule has 1 unspecified atom stereocenters. The normalized spacial score (nSPS) is 12.2. The Bertz CT molecular complexity index is 634. The minimum absolute atomic E-state index is 0.188. The molecule has 5 heteroatoms. The summed E-state index contributed by atoms with van der Waals surface area (Å²) in [6.07, 6.45) is 0. The Balaban J connectivity index is 2.13. The van der Waals surface area contributed by atoms with Crippen molar-refractivity contribution in [1.29, 1.82) is 0 Å². The number of nitrogens with one attached hydrogen (secondary N) is 1. The largest absolute Gasteiger partial charge is 0.496 e. The first-order chi connectivity index (χ1) is 10.0. The Labute approximate surface area is 147 Å². The molecule has 0 aliphatic rings. The molecule has 0 fully saturated rings. The molecule has 0 aromatic heterocycles. The molecule has 0 saturated carbocycles. The molecule has 112 valence electrons. The molecule has 2 aromatic carbocycles.